The van der Waals surface area contributed by atoms with E-state index in [1.54, 1.807) is 31.2 Å². The normalized spacial score (nSPS) is 11.8. The summed E-state index contributed by atoms with van der Waals surface area (Å²) in [6.07, 6.45) is 0. The van der Waals surface area contributed by atoms with E-state index in [-0.39, 0.29) is 35.2 Å². The van der Waals surface area contributed by atoms with E-state index in [4.69, 9.17) is 0 Å². The van der Waals surface area contributed by atoms with Gasteiger partial charge in [-0.15, -0.1) is 0 Å². The van der Waals surface area contributed by atoms with Crippen LogP contribution in [0.25, 0.3) is 10.9 Å². The van der Waals surface area contributed by atoms with Gasteiger partial charge in [0.2, 0.25) is 10.0 Å². The van der Waals surface area contributed by atoms with Crippen LogP contribution in [-0.4, -0.2) is 35.0 Å². The zero-order chi connectivity index (χ0) is 19.6. The summed E-state index contributed by atoms with van der Waals surface area (Å²) in [5, 5.41) is 0.451. The second-order valence-corrected chi connectivity index (χ2v) is 7.98. The first kappa shape index (κ1) is 18.9. The molecule has 3 rings (SSSR count). The Hall–Kier alpha value is -2.84. The summed E-state index contributed by atoms with van der Waals surface area (Å²) in [5.41, 5.74) is 0.642. The lowest BCUT2D eigenvalue weighted by Crippen LogP contribution is -2.32. The molecule has 2 aromatic carbocycles. The zero-order valence-electron chi connectivity index (χ0n) is 15.0. The predicted octanol–water partition coefficient (Wildman–Crippen LogP) is 2.34. The molecule has 0 unspecified atom stereocenters. The number of nitrogens with one attached hydrogen (secondary N) is 1. The van der Waals surface area contributed by atoms with Crippen molar-refractivity contribution in [3.8, 4) is 0 Å². The highest BCUT2D eigenvalue weighted by Gasteiger charge is 2.24. The summed E-state index contributed by atoms with van der Waals surface area (Å²) >= 11 is 0. The van der Waals surface area contributed by atoms with E-state index in [0.29, 0.717) is 16.5 Å². The number of sulfonamides is 1. The van der Waals surface area contributed by atoms with Crippen LogP contribution in [0.4, 0.5) is 0 Å². The number of nitrogens with zero attached hydrogens (tertiary/aromatic N) is 2. The molecular weight excluding hydrogens is 366 g/mol. The van der Waals surface area contributed by atoms with Crippen molar-refractivity contribution in [3.63, 3.8) is 0 Å². The molecule has 0 bridgehead atoms. The van der Waals surface area contributed by atoms with Crippen molar-refractivity contribution in [2.75, 3.05) is 6.54 Å². The fourth-order valence-electron chi connectivity index (χ4n) is 2.75. The summed E-state index contributed by atoms with van der Waals surface area (Å²) in [6, 6.07) is 12.7. The number of benzene rings is 2. The average Bonchev–Trinajstić information content (AvgIpc) is 2.66. The van der Waals surface area contributed by atoms with Crippen LogP contribution in [0.2, 0.25) is 0 Å². The van der Waals surface area contributed by atoms with Gasteiger partial charge in [0.1, 0.15) is 5.82 Å². The van der Waals surface area contributed by atoms with Gasteiger partial charge < -0.3 is 4.98 Å². The fraction of sp³-hybridized carbons (Fsp3) is 0.211. The zero-order valence-corrected chi connectivity index (χ0v) is 15.8. The van der Waals surface area contributed by atoms with Gasteiger partial charge in [-0.3, -0.25) is 9.59 Å². The number of carbonyl (C=O) groups is 1. The summed E-state index contributed by atoms with van der Waals surface area (Å²) in [7, 11) is -3.80. The molecule has 0 aliphatic carbocycles. The van der Waals surface area contributed by atoms with Crippen molar-refractivity contribution in [2.45, 2.75) is 25.3 Å². The number of rotatable bonds is 6. The maximum atomic E-state index is 12.9. The van der Waals surface area contributed by atoms with E-state index >= 15 is 0 Å². The smallest absolute Gasteiger partial charge is 0.258 e. The van der Waals surface area contributed by atoms with E-state index in [9.17, 15) is 18.0 Å². The first-order chi connectivity index (χ1) is 12.8. The lowest BCUT2D eigenvalue weighted by atomic mass is 10.2. The molecule has 140 valence electrons. The second kappa shape index (κ2) is 7.42. The Kier molecular flexibility index (Phi) is 5.20. The van der Waals surface area contributed by atoms with Gasteiger partial charge in [0.15, 0.2) is 5.78 Å². The Labute approximate surface area is 156 Å². The van der Waals surface area contributed by atoms with Crippen molar-refractivity contribution < 1.29 is 13.2 Å². The number of aromatic nitrogens is 2. The minimum Gasteiger partial charge on any atom is -0.309 e. The molecule has 0 aliphatic rings. The highest BCUT2D eigenvalue weighted by Crippen LogP contribution is 2.18. The molecule has 1 heterocycles. The number of Topliss-reactive ketones (excluding diaryl/α,β-unsaturated/α-hetero) is 1. The Morgan fingerprint density at radius 2 is 1.78 bits per heavy atom. The summed E-state index contributed by atoms with van der Waals surface area (Å²) in [6.45, 7) is 3.27. The third-order valence-electron chi connectivity index (χ3n) is 4.24. The van der Waals surface area contributed by atoms with Crippen LogP contribution in [0.15, 0.2) is 58.2 Å². The molecule has 0 saturated carbocycles. The first-order valence-corrected chi connectivity index (χ1v) is 9.86. The first-order valence-electron chi connectivity index (χ1n) is 8.42. The molecule has 0 fully saturated rings. The maximum absolute atomic E-state index is 12.9. The Bertz CT molecular complexity index is 1150. The highest BCUT2D eigenvalue weighted by molar-refractivity contribution is 7.89. The van der Waals surface area contributed by atoms with E-state index in [2.05, 4.69) is 9.97 Å². The molecule has 7 nitrogen and oxygen atoms in total. The molecule has 0 radical (unpaired) electrons. The lowest BCUT2D eigenvalue weighted by molar-refractivity contribution is 0.101. The van der Waals surface area contributed by atoms with Gasteiger partial charge in [0, 0.05) is 12.1 Å². The minimum absolute atomic E-state index is 0.0621. The highest BCUT2D eigenvalue weighted by atomic mass is 32.2. The third-order valence-corrected chi connectivity index (χ3v) is 6.17. The monoisotopic (exact) mass is 385 g/mol. The molecule has 3 aromatic rings. The number of aromatic amines is 1. The Balaban J connectivity index is 1.94. The Morgan fingerprint density at radius 3 is 2.41 bits per heavy atom. The van der Waals surface area contributed by atoms with Crippen LogP contribution in [0.5, 0.6) is 0 Å². The van der Waals surface area contributed by atoms with Gasteiger partial charge in [-0.2, -0.15) is 4.31 Å². The van der Waals surface area contributed by atoms with Crippen LogP contribution in [-0.2, 0) is 16.6 Å². The summed E-state index contributed by atoms with van der Waals surface area (Å²) in [5.74, 6) is 0.133. The van der Waals surface area contributed by atoms with E-state index in [1.807, 2.05) is 0 Å². The SMILES string of the molecule is CCN(Cc1nc2ccccc2c(=O)[nH]1)S(=O)(=O)c1ccc(C(C)=O)cc1. The van der Waals surface area contributed by atoms with Gasteiger partial charge in [0.25, 0.3) is 5.56 Å². The van der Waals surface area contributed by atoms with Crippen LogP contribution < -0.4 is 5.56 Å². The van der Waals surface area contributed by atoms with Crippen LogP contribution in [0.1, 0.15) is 30.0 Å². The number of ketones is 1. The minimum atomic E-state index is -3.80. The predicted molar refractivity (Wildman–Crippen MR) is 102 cm³/mol. The van der Waals surface area contributed by atoms with Crippen LogP contribution >= 0.6 is 0 Å². The largest absolute Gasteiger partial charge is 0.309 e. The molecule has 1 aromatic heterocycles. The number of H-pyrrole nitrogens is 1. The Morgan fingerprint density at radius 1 is 1.11 bits per heavy atom. The van der Waals surface area contributed by atoms with Crippen molar-refractivity contribution in [1.29, 1.82) is 0 Å². The number of hydrogen-bond donors (Lipinski definition) is 1. The maximum Gasteiger partial charge on any atom is 0.258 e. The fourth-order valence-corrected chi connectivity index (χ4v) is 4.16. The standard InChI is InChI=1S/C19H19N3O4S/c1-3-22(27(25,26)15-10-8-14(9-11-15)13(2)23)12-18-20-17-7-5-4-6-16(17)19(24)21-18/h4-11H,3,12H2,1-2H3,(H,20,21,24). The van der Waals surface area contributed by atoms with Gasteiger partial charge in [-0.25, -0.2) is 13.4 Å². The van der Waals surface area contributed by atoms with Crippen LogP contribution in [0.3, 0.4) is 0 Å². The second-order valence-electron chi connectivity index (χ2n) is 6.04. The topological polar surface area (TPSA) is 100 Å². The quantitative estimate of drug-likeness (QED) is 0.657. The lowest BCUT2D eigenvalue weighted by Gasteiger charge is -2.20. The van der Waals surface area contributed by atoms with Crippen molar-refractivity contribution >= 4 is 26.7 Å². The third kappa shape index (κ3) is 3.81. The number of hydrogen-bond acceptors (Lipinski definition) is 5. The summed E-state index contributed by atoms with van der Waals surface area (Å²) < 4.78 is 27.1. The van der Waals surface area contributed by atoms with E-state index < -0.39 is 10.0 Å². The number of fused-ring (bicyclic) bond motifs is 1. The van der Waals surface area contributed by atoms with Crippen molar-refractivity contribution in [3.05, 3.63) is 70.3 Å². The van der Waals surface area contributed by atoms with E-state index in [1.165, 1.54) is 35.5 Å². The average molecular weight is 385 g/mol. The van der Waals surface area contributed by atoms with Gasteiger partial charge in [-0.05, 0) is 31.2 Å². The van der Waals surface area contributed by atoms with Gasteiger partial charge in [-0.1, -0.05) is 31.2 Å². The van der Waals surface area contributed by atoms with Gasteiger partial charge >= 0.3 is 0 Å². The van der Waals surface area contributed by atoms with Crippen molar-refractivity contribution in [1.82, 2.24) is 14.3 Å². The number of para-hydroxylation sites is 1. The number of carbonyl (C=O) groups excluding carboxylic acids is 1. The molecule has 0 spiro atoms. The molecule has 0 aliphatic heterocycles. The van der Waals surface area contributed by atoms with E-state index in [0.717, 1.165) is 0 Å². The molecule has 8 heteroatoms. The molecular formula is C19H19N3O4S. The molecule has 27 heavy (non-hydrogen) atoms. The molecule has 0 saturated heterocycles. The van der Waals surface area contributed by atoms with Crippen LogP contribution in [0, 0.1) is 0 Å². The molecule has 0 amide bonds. The molecule has 0 atom stereocenters. The summed E-state index contributed by atoms with van der Waals surface area (Å²) in [4.78, 5) is 30.7. The molecule has 1 N–H and O–H groups in total. The van der Waals surface area contributed by atoms with Gasteiger partial charge in [0.05, 0.1) is 22.3 Å². The van der Waals surface area contributed by atoms with Crippen molar-refractivity contribution in [2.24, 2.45) is 0 Å².